The maximum absolute atomic E-state index is 12.0. The highest BCUT2D eigenvalue weighted by Crippen LogP contribution is 2.20. The van der Waals surface area contributed by atoms with E-state index in [-0.39, 0.29) is 11.0 Å². The minimum Gasteiger partial charge on any atom is -0.444 e. The topological polar surface area (TPSA) is 88.0 Å². The smallest absolute Gasteiger partial charge is 0.261 e. The summed E-state index contributed by atoms with van der Waals surface area (Å²) in [5, 5.41) is 2.67. The Kier molecular flexibility index (Phi) is 3.34. The van der Waals surface area contributed by atoms with Crippen molar-refractivity contribution in [2.24, 2.45) is 0 Å². The summed E-state index contributed by atoms with van der Waals surface area (Å²) in [4.78, 5) is 30.1. The van der Waals surface area contributed by atoms with Gasteiger partial charge in [0, 0.05) is 29.7 Å². The monoisotopic (exact) mass is 281 g/mol. The number of carbonyl (C=O) groups is 1. The number of H-pyrrole nitrogens is 1. The summed E-state index contributed by atoms with van der Waals surface area (Å²) in [6.07, 6.45) is 5.82. The number of amides is 1. The maximum atomic E-state index is 12.0. The Labute approximate surface area is 119 Å². The van der Waals surface area contributed by atoms with Crippen LogP contribution in [0.4, 0.5) is 5.69 Å². The number of hydrogen-bond donors (Lipinski definition) is 2. The minimum atomic E-state index is -0.454. The van der Waals surface area contributed by atoms with Crippen LogP contribution in [0, 0.1) is 0 Å². The van der Waals surface area contributed by atoms with E-state index in [0.29, 0.717) is 11.4 Å². The van der Waals surface area contributed by atoms with Crippen LogP contribution in [0.2, 0.25) is 0 Å². The summed E-state index contributed by atoms with van der Waals surface area (Å²) in [7, 11) is 0. The van der Waals surface area contributed by atoms with Crippen molar-refractivity contribution in [1.29, 1.82) is 0 Å². The molecule has 0 aliphatic heterocycles. The van der Waals surface area contributed by atoms with Crippen LogP contribution < -0.4 is 10.7 Å². The first-order chi connectivity index (χ1) is 10.2. The van der Waals surface area contributed by atoms with Gasteiger partial charge in [0.05, 0.1) is 6.20 Å². The Morgan fingerprint density at radius 3 is 2.67 bits per heavy atom. The van der Waals surface area contributed by atoms with Crippen LogP contribution in [0.25, 0.3) is 11.3 Å². The number of anilines is 1. The minimum absolute atomic E-state index is 0.0665. The highest BCUT2D eigenvalue weighted by molar-refractivity contribution is 6.04. The summed E-state index contributed by atoms with van der Waals surface area (Å²) >= 11 is 0. The fourth-order valence-electron chi connectivity index (χ4n) is 1.87. The third-order valence-electron chi connectivity index (χ3n) is 2.93. The molecule has 0 saturated carbocycles. The zero-order valence-electron chi connectivity index (χ0n) is 10.9. The molecule has 2 heterocycles. The largest absolute Gasteiger partial charge is 0.444 e. The van der Waals surface area contributed by atoms with Crippen molar-refractivity contribution in [3.63, 3.8) is 0 Å². The first kappa shape index (κ1) is 12.9. The Hall–Kier alpha value is -3.15. The van der Waals surface area contributed by atoms with Gasteiger partial charge < -0.3 is 14.7 Å². The van der Waals surface area contributed by atoms with Gasteiger partial charge in [0.15, 0.2) is 17.6 Å². The lowest BCUT2D eigenvalue weighted by atomic mass is 10.1. The van der Waals surface area contributed by atoms with E-state index in [1.54, 1.807) is 30.5 Å². The molecule has 0 spiro atoms. The molecule has 1 aromatic carbocycles. The lowest BCUT2D eigenvalue weighted by Crippen LogP contribution is -2.20. The third kappa shape index (κ3) is 2.74. The van der Waals surface area contributed by atoms with E-state index in [9.17, 15) is 9.59 Å². The number of carbonyl (C=O) groups excluding carboxylic acids is 1. The van der Waals surface area contributed by atoms with Crippen LogP contribution in [-0.2, 0) is 0 Å². The van der Waals surface area contributed by atoms with E-state index in [0.717, 1.165) is 5.56 Å². The van der Waals surface area contributed by atoms with Crippen LogP contribution in [-0.4, -0.2) is 15.9 Å². The number of aromatic amines is 1. The molecule has 6 heteroatoms. The first-order valence-corrected chi connectivity index (χ1v) is 6.21. The van der Waals surface area contributed by atoms with Crippen molar-refractivity contribution in [3.8, 4) is 11.3 Å². The van der Waals surface area contributed by atoms with Crippen molar-refractivity contribution >= 4 is 11.6 Å². The van der Waals surface area contributed by atoms with Crippen molar-refractivity contribution < 1.29 is 9.21 Å². The molecule has 0 fully saturated rings. The van der Waals surface area contributed by atoms with E-state index in [2.05, 4.69) is 15.3 Å². The molecule has 104 valence electrons. The zero-order chi connectivity index (χ0) is 14.7. The predicted molar refractivity (Wildman–Crippen MR) is 77.0 cm³/mol. The Balaban J connectivity index is 1.78. The molecular formula is C15H11N3O3. The van der Waals surface area contributed by atoms with Crippen LogP contribution in [0.5, 0.6) is 0 Å². The van der Waals surface area contributed by atoms with E-state index in [1.807, 2.05) is 0 Å². The molecule has 2 N–H and O–H groups in total. The van der Waals surface area contributed by atoms with Crippen molar-refractivity contribution in [2.75, 3.05) is 5.32 Å². The zero-order valence-corrected chi connectivity index (χ0v) is 10.9. The van der Waals surface area contributed by atoms with Crippen molar-refractivity contribution in [2.45, 2.75) is 0 Å². The lowest BCUT2D eigenvalue weighted by molar-refractivity contribution is 0.102. The van der Waals surface area contributed by atoms with Gasteiger partial charge in [0.2, 0.25) is 0 Å². The molecule has 6 nitrogen and oxygen atoms in total. The molecular weight excluding hydrogens is 270 g/mol. The number of hydrogen-bond acceptors (Lipinski definition) is 4. The van der Waals surface area contributed by atoms with E-state index in [4.69, 9.17) is 4.42 Å². The number of pyridine rings is 1. The summed E-state index contributed by atoms with van der Waals surface area (Å²) in [5.74, 6) is 0.191. The van der Waals surface area contributed by atoms with Gasteiger partial charge in [-0.15, -0.1) is 0 Å². The maximum Gasteiger partial charge on any atom is 0.261 e. The van der Waals surface area contributed by atoms with E-state index < -0.39 is 5.91 Å². The van der Waals surface area contributed by atoms with Crippen LogP contribution in [0.3, 0.4) is 0 Å². The fourth-order valence-corrected chi connectivity index (χ4v) is 1.87. The van der Waals surface area contributed by atoms with Gasteiger partial charge in [-0.25, -0.2) is 4.98 Å². The van der Waals surface area contributed by atoms with E-state index >= 15 is 0 Å². The van der Waals surface area contributed by atoms with Crippen LogP contribution in [0.15, 0.2) is 64.5 Å². The average molecular weight is 281 g/mol. The van der Waals surface area contributed by atoms with Gasteiger partial charge in [-0.1, -0.05) is 0 Å². The first-order valence-electron chi connectivity index (χ1n) is 6.21. The van der Waals surface area contributed by atoms with Gasteiger partial charge in [-0.2, -0.15) is 0 Å². The Bertz CT molecular complexity index is 805. The molecule has 1 amide bonds. The number of nitrogens with one attached hydrogen (secondary N) is 2. The van der Waals surface area contributed by atoms with E-state index in [1.165, 1.54) is 24.9 Å². The number of oxazole rings is 1. The third-order valence-corrected chi connectivity index (χ3v) is 2.93. The molecule has 0 unspecified atom stereocenters. The molecule has 0 atom stereocenters. The number of aromatic nitrogens is 2. The standard InChI is InChI=1S/C15H11N3O3/c19-13-5-6-16-7-12(13)15(20)18-11-3-1-10(2-4-11)14-8-17-9-21-14/h1-9H,(H,16,19)(H,18,20). The van der Waals surface area contributed by atoms with Gasteiger partial charge in [-0.05, 0) is 24.3 Å². The number of rotatable bonds is 3. The molecule has 21 heavy (non-hydrogen) atoms. The summed E-state index contributed by atoms with van der Waals surface area (Å²) in [6.45, 7) is 0. The summed E-state index contributed by atoms with van der Waals surface area (Å²) in [5.41, 5.74) is 1.18. The molecule has 0 bridgehead atoms. The van der Waals surface area contributed by atoms with Crippen LogP contribution in [0.1, 0.15) is 10.4 Å². The molecule has 3 aromatic rings. The fraction of sp³-hybridized carbons (Fsp3) is 0. The average Bonchev–Trinajstić information content (AvgIpc) is 3.02. The molecule has 0 aliphatic rings. The second kappa shape index (κ2) is 5.46. The highest BCUT2D eigenvalue weighted by Gasteiger charge is 2.10. The van der Waals surface area contributed by atoms with Crippen LogP contribution >= 0.6 is 0 Å². The number of nitrogens with zero attached hydrogens (tertiary/aromatic N) is 1. The SMILES string of the molecule is O=C(Nc1ccc(-c2cnco2)cc1)c1c[nH]ccc1=O. The molecule has 2 aromatic heterocycles. The quantitative estimate of drug-likeness (QED) is 0.771. The number of benzene rings is 1. The summed E-state index contributed by atoms with van der Waals surface area (Å²) < 4.78 is 5.18. The predicted octanol–water partition coefficient (Wildman–Crippen LogP) is 2.28. The molecule has 3 rings (SSSR count). The van der Waals surface area contributed by atoms with Gasteiger partial charge in [0.25, 0.3) is 5.91 Å². The molecule has 0 saturated heterocycles. The van der Waals surface area contributed by atoms with Gasteiger partial charge in [0.1, 0.15) is 5.56 Å². The highest BCUT2D eigenvalue weighted by atomic mass is 16.3. The second-order valence-corrected chi connectivity index (χ2v) is 4.32. The lowest BCUT2D eigenvalue weighted by Gasteiger charge is -2.05. The van der Waals surface area contributed by atoms with Gasteiger partial charge in [-0.3, -0.25) is 9.59 Å². The second-order valence-electron chi connectivity index (χ2n) is 4.32. The normalized spacial score (nSPS) is 10.3. The molecule has 0 radical (unpaired) electrons. The summed E-state index contributed by atoms with van der Waals surface area (Å²) in [6, 6.07) is 8.36. The van der Waals surface area contributed by atoms with Crippen molar-refractivity contribution in [1.82, 2.24) is 9.97 Å². The Morgan fingerprint density at radius 1 is 1.19 bits per heavy atom. The van der Waals surface area contributed by atoms with Gasteiger partial charge >= 0.3 is 0 Å². The Morgan fingerprint density at radius 2 is 2.00 bits per heavy atom. The van der Waals surface area contributed by atoms with Crippen molar-refractivity contribution in [3.05, 3.63) is 71.1 Å². The molecule has 0 aliphatic carbocycles.